The zero-order valence-corrected chi connectivity index (χ0v) is 7.51. The van der Waals surface area contributed by atoms with Gasteiger partial charge in [-0.2, -0.15) is 0 Å². The molecule has 1 aliphatic rings. The zero-order chi connectivity index (χ0) is 9.14. The molecule has 0 spiro atoms. The van der Waals surface area contributed by atoms with Crippen molar-refractivity contribution >= 4 is 5.91 Å². The Morgan fingerprint density at radius 1 is 1.75 bits per heavy atom. The molecule has 70 valence electrons. The maximum absolute atomic E-state index is 12.8. The van der Waals surface area contributed by atoms with Gasteiger partial charge >= 0.3 is 0 Å². The lowest BCUT2D eigenvalue weighted by atomic mass is 10.2. The maximum Gasteiger partial charge on any atom is 0.237 e. The lowest BCUT2D eigenvalue weighted by Gasteiger charge is -2.17. The minimum atomic E-state index is -0.845. The van der Waals surface area contributed by atoms with E-state index in [-0.39, 0.29) is 11.9 Å². The molecule has 0 saturated carbocycles. The largest absolute Gasteiger partial charge is 0.355 e. The Balaban J connectivity index is 2.46. The van der Waals surface area contributed by atoms with E-state index in [4.69, 9.17) is 0 Å². The van der Waals surface area contributed by atoms with E-state index in [0.717, 1.165) is 0 Å². The van der Waals surface area contributed by atoms with Gasteiger partial charge in [-0.25, -0.2) is 4.39 Å². The van der Waals surface area contributed by atoms with Crippen LogP contribution in [0.4, 0.5) is 4.39 Å². The van der Waals surface area contributed by atoms with E-state index in [1.807, 2.05) is 6.92 Å². The number of halogens is 1. The molecule has 1 aliphatic heterocycles. The Bertz CT molecular complexity index is 174. The van der Waals surface area contributed by atoms with Crippen LogP contribution in [0, 0.1) is 0 Å². The average Bonchev–Trinajstić information content (AvgIpc) is 2.30. The summed E-state index contributed by atoms with van der Waals surface area (Å²) in [4.78, 5) is 13.0. The molecular weight excluding hydrogens is 159 g/mol. The first kappa shape index (κ1) is 9.45. The summed E-state index contributed by atoms with van der Waals surface area (Å²) in [5, 5.41) is 2.69. The number of rotatable bonds is 2. The summed E-state index contributed by atoms with van der Waals surface area (Å²) in [5.74, 6) is -0.0554. The first-order valence-electron chi connectivity index (χ1n) is 4.27. The van der Waals surface area contributed by atoms with Gasteiger partial charge in [0.25, 0.3) is 0 Å². The van der Waals surface area contributed by atoms with Gasteiger partial charge in [0.15, 0.2) is 0 Å². The van der Waals surface area contributed by atoms with Gasteiger partial charge in [0.05, 0.1) is 6.04 Å². The number of carbonyl (C=O) groups is 1. The van der Waals surface area contributed by atoms with Gasteiger partial charge in [-0.1, -0.05) is 0 Å². The molecule has 2 atom stereocenters. The normalized spacial score (nSPS) is 30.6. The number of likely N-dealkylation sites (tertiary alicyclic amines) is 1. The second kappa shape index (κ2) is 3.85. The number of hydrogen-bond donors (Lipinski definition) is 1. The van der Waals surface area contributed by atoms with E-state index in [1.165, 1.54) is 0 Å². The number of carbonyl (C=O) groups excluding carboxylic acids is 1. The molecule has 0 aromatic rings. The van der Waals surface area contributed by atoms with Gasteiger partial charge in [-0.15, -0.1) is 0 Å². The summed E-state index contributed by atoms with van der Waals surface area (Å²) >= 11 is 0. The van der Waals surface area contributed by atoms with E-state index in [1.54, 1.807) is 11.9 Å². The monoisotopic (exact) mass is 174 g/mol. The third-order valence-electron chi connectivity index (χ3n) is 2.15. The Labute approximate surface area is 71.9 Å². The van der Waals surface area contributed by atoms with Crippen LogP contribution in [0.5, 0.6) is 0 Å². The summed E-state index contributed by atoms with van der Waals surface area (Å²) < 4.78 is 12.8. The van der Waals surface area contributed by atoms with Gasteiger partial charge < -0.3 is 5.32 Å². The van der Waals surface area contributed by atoms with E-state index >= 15 is 0 Å². The van der Waals surface area contributed by atoms with E-state index in [9.17, 15) is 9.18 Å². The van der Waals surface area contributed by atoms with Crippen molar-refractivity contribution in [2.45, 2.75) is 25.6 Å². The number of nitrogens with one attached hydrogen (secondary N) is 1. The summed E-state index contributed by atoms with van der Waals surface area (Å²) in [5.41, 5.74) is 0. The third kappa shape index (κ3) is 1.94. The van der Waals surface area contributed by atoms with Crippen LogP contribution in [0.15, 0.2) is 0 Å². The summed E-state index contributed by atoms with van der Waals surface area (Å²) in [6, 6.07) is -0.264. The van der Waals surface area contributed by atoms with Gasteiger partial charge in [0.1, 0.15) is 6.17 Å². The third-order valence-corrected chi connectivity index (χ3v) is 2.15. The van der Waals surface area contributed by atoms with Gasteiger partial charge in [-0.3, -0.25) is 9.69 Å². The molecule has 1 rings (SSSR count). The fourth-order valence-electron chi connectivity index (χ4n) is 1.54. The molecule has 3 nitrogen and oxygen atoms in total. The molecule has 0 aliphatic carbocycles. The van der Waals surface area contributed by atoms with Gasteiger partial charge in [0, 0.05) is 19.5 Å². The summed E-state index contributed by atoms with van der Waals surface area (Å²) in [7, 11) is 1.78. The highest BCUT2D eigenvalue weighted by Gasteiger charge is 2.33. The van der Waals surface area contributed by atoms with Crippen LogP contribution in [0.2, 0.25) is 0 Å². The summed E-state index contributed by atoms with van der Waals surface area (Å²) in [6.45, 7) is 2.85. The van der Waals surface area contributed by atoms with Crippen molar-refractivity contribution in [2.75, 3.05) is 20.1 Å². The predicted octanol–water partition coefficient (Wildman–Crippen LogP) is 0.165. The predicted molar refractivity (Wildman–Crippen MR) is 44.6 cm³/mol. The molecule has 1 N–H and O–H groups in total. The second-order valence-corrected chi connectivity index (χ2v) is 3.18. The van der Waals surface area contributed by atoms with E-state index in [2.05, 4.69) is 5.32 Å². The van der Waals surface area contributed by atoms with Crippen LogP contribution in [0.1, 0.15) is 13.3 Å². The van der Waals surface area contributed by atoms with Crippen molar-refractivity contribution in [3.05, 3.63) is 0 Å². The molecule has 1 heterocycles. The quantitative estimate of drug-likeness (QED) is 0.647. The van der Waals surface area contributed by atoms with Crippen LogP contribution in [-0.2, 0) is 4.79 Å². The Morgan fingerprint density at radius 2 is 2.42 bits per heavy atom. The number of alkyl halides is 1. The van der Waals surface area contributed by atoms with Crippen LogP contribution in [-0.4, -0.2) is 43.2 Å². The van der Waals surface area contributed by atoms with Crippen molar-refractivity contribution in [2.24, 2.45) is 0 Å². The van der Waals surface area contributed by atoms with Gasteiger partial charge in [-0.05, 0) is 14.0 Å². The molecule has 0 aromatic carbocycles. The van der Waals surface area contributed by atoms with Crippen LogP contribution < -0.4 is 5.32 Å². The first-order chi connectivity index (χ1) is 5.65. The topological polar surface area (TPSA) is 32.3 Å². The van der Waals surface area contributed by atoms with E-state index in [0.29, 0.717) is 19.5 Å². The van der Waals surface area contributed by atoms with Crippen LogP contribution in [0.3, 0.4) is 0 Å². The fraction of sp³-hybridized carbons (Fsp3) is 0.875. The Morgan fingerprint density at radius 3 is 2.83 bits per heavy atom. The van der Waals surface area contributed by atoms with Crippen molar-refractivity contribution in [3.63, 3.8) is 0 Å². The van der Waals surface area contributed by atoms with Crippen molar-refractivity contribution in [1.82, 2.24) is 10.2 Å². The minimum Gasteiger partial charge on any atom is -0.355 e. The highest BCUT2D eigenvalue weighted by Crippen LogP contribution is 2.18. The zero-order valence-electron chi connectivity index (χ0n) is 7.51. The Hall–Kier alpha value is -0.640. The number of likely N-dealkylation sites (N-methyl/N-ethyl adjacent to an activating group) is 2. The molecule has 1 fully saturated rings. The fourth-order valence-corrected chi connectivity index (χ4v) is 1.54. The van der Waals surface area contributed by atoms with Crippen LogP contribution >= 0.6 is 0 Å². The van der Waals surface area contributed by atoms with Crippen molar-refractivity contribution < 1.29 is 9.18 Å². The molecule has 0 aromatic heterocycles. The molecule has 1 amide bonds. The highest BCUT2D eigenvalue weighted by atomic mass is 19.1. The van der Waals surface area contributed by atoms with Crippen molar-refractivity contribution in [3.8, 4) is 0 Å². The molecule has 0 radical (unpaired) electrons. The second-order valence-electron chi connectivity index (χ2n) is 3.18. The molecule has 4 heteroatoms. The molecule has 1 saturated heterocycles. The molecule has 0 unspecified atom stereocenters. The first-order valence-corrected chi connectivity index (χ1v) is 4.27. The molecule has 12 heavy (non-hydrogen) atoms. The number of nitrogens with zero attached hydrogens (tertiary/aromatic N) is 1. The lowest BCUT2D eigenvalue weighted by Crippen LogP contribution is -2.41. The smallest absolute Gasteiger partial charge is 0.237 e. The minimum absolute atomic E-state index is 0.0554. The molecule has 0 bridgehead atoms. The molecular formula is C8H15FN2O. The summed E-state index contributed by atoms with van der Waals surface area (Å²) in [6.07, 6.45) is -0.509. The van der Waals surface area contributed by atoms with Crippen LogP contribution in [0.25, 0.3) is 0 Å². The maximum atomic E-state index is 12.8. The highest BCUT2D eigenvalue weighted by molar-refractivity contribution is 5.82. The Kier molecular flexibility index (Phi) is 3.03. The number of amides is 1. The standard InChI is InChI=1S/C8H15FN2O/c1-3-10-8(12)7-4-6(9)5-11(7)2/h6-7H,3-5H2,1-2H3,(H,10,12)/t6-,7+/m1/s1. The average molecular weight is 174 g/mol. The lowest BCUT2D eigenvalue weighted by molar-refractivity contribution is -0.124. The van der Waals surface area contributed by atoms with Crippen molar-refractivity contribution in [1.29, 1.82) is 0 Å². The number of hydrogen-bond acceptors (Lipinski definition) is 2. The van der Waals surface area contributed by atoms with E-state index < -0.39 is 6.17 Å². The SMILES string of the molecule is CCNC(=O)[C@@H]1C[C@@H](F)CN1C. The van der Waals surface area contributed by atoms with Gasteiger partial charge in [0.2, 0.25) is 5.91 Å².